The molecule has 0 saturated carbocycles. The third-order valence-electron chi connectivity index (χ3n) is 1.73. The number of nitrogens with one attached hydrogen (secondary N) is 1. The molecule has 1 unspecified atom stereocenters. The molecular weight excluding hydrogens is 222 g/mol. The van der Waals surface area contributed by atoms with Crippen molar-refractivity contribution < 1.29 is 14.6 Å². The van der Waals surface area contributed by atoms with E-state index in [1.54, 1.807) is 38.6 Å². The molecule has 6 nitrogen and oxygen atoms in total. The number of amides is 1. The van der Waals surface area contributed by atoms with Gasteiger partial charge in [-0.3, -0.25) is 10.00 Å². The molecule has 1 rings (SSSR count). The van der Waals surface area contributed by atoms with E-state index in [0.717, 1.165) is 0 Å². The molecule has 1 amide bonds. The summed E-state index contributed by atoms with van der Waals surface area (Å²) in [6, 6.07) is 0. The van der Waals surface area contributed by atoms with E-state index in [4.69, 9.17) is 4.74 Å². The van der Waals surface area contributed by atoms with Gasteiger partial charge in [0.2, 0.25) is 0 Å². The maximum Gasteiger partial charge on any atom is 0.412 e. The summed E-state index contributed by atoms with van der Waals surface area (Å²) in [5.74, 6) is 0. The molecule has 0 radical (unpaired) electrons. The number of carbonyl (C=O) groups is 1. The fourth-order valence-electron chi connectivity index (χ4n) is 1.22. The Morgan fingerprint density at radius 2 is 2.29 bits per heavy atom. The molecule has 1 atom stereocenters. The van der Waals surface area contributed by atoms with Gasteiger partial charge in [-0.15, -0.1) is 0 Å². The lowest BCUT2D eigenvalue weighted by Crippen LogP contribution is -2.27. The topological polar surface area (TPSA) is 76.4 Å². The highest BCUT2D eigenvalue weighted by atomic mass is 16.6. The third-order valence-corrected chi connectivity index (χ3v) is 1.73. The maximum atomic E-state index is 11.4. The van der Waals surface area contributed by atoms with Crippen molar-refractivity contribution >= 4 is 11.8 Å². The van der Waals surface area contributed by atoms with Crippen LogP contribution in [0.15, 0.2) is 12.4 Å². The van der Waals surface area contributed by atoms with Crippen molar-refractivity contribution in [3.05, 3.63) is 12.4 Å². The number of ether oxygens (including phenoxy) is 1. The summed E-state index contributed by atoms with van der Waals surface area (Å²) in [5.41, 5.74) is 0.0135. The molecule has 0 fully saturated rings. The summed E-state index contributed by atoms with van der Waals surface area (Å²) in [6.45, 7) is 7.44. The van der Waals surface area contributed by atoms with Crippen molar-refractivity contribution in [1.82, 2.24) is 9.78 Å². The lowest BCUT2D eigenvalue weighted by Gasteiger charge is -2.19. The average molecular weight is 241 g/mol. The van der Waals surface area contributed by atoms with Crippen LogP contribution in [0.3, 0.4) is 0 Å². The lowest BCUT2D eigenvalue weighted by molar-refractivity contribution is 0.0636. The summed E-state index contributed by atoms with van der Waals surface area (Å²) < 4.78 is 6.65. The first kappa shape index (κ1) is 13.5. The number of hydrogen-bond donors (Lipinski definition) is 2. The molecule has 0 spiro atoms. The zero-order valence-electron chi connectivity index (χ0n) is 10.6. The second-order valence-corrected chi connectivity index (χ2v) is 4.93. The standard InChI is InChI=1S/C11H19N3O3/c1-8(15)6-14-7-9(5-12-14)13-10(16)17-11(2,3)4/h5,7-8,15H,6H2,1-4H3,(H,13,16). The van der Waals surface area contributed by atoms with E-state index >= 15 is 0 Å². The van der Waals surface area contributed by atoms with Crippen LogP contribution in [-0.2, 0) is 11.3 Å². The monoisotopic (exact) mass is 241 g/mol. The van der Waals surface area contributed by atoms with E-state index < -0.39 is 17.8 Å². The Kier molecular flexibility index (Phi) is 4.11. The first-order valence-corrected chi connectivity index (χ1v) is 5.47. The van der Waals surface area contributed by atoms with Gasteiger partial charge in [0.05, 0.1) is 24.5 Å². The minimum absolute atomic E-state index is 0.385. The van der Waals surface area contributed by atoms with Gasteiger partial charge in [-0.05, 0) is 27.7 Å². The van der Waals surface area contributed by atoms with Gasteiger partial charge < -0.3 is 9.84 Å². The van der Waals surface area contributed by atoms with Crippen LogP contribution >= 0.6 is 0 Å². The predicted octanol–water partition coefficient (Wildman–Crippen LogP) is 1.61. The SMILES string of the molecule is CC(O)Cn1cc(NC(=O)OC(C)(C)C)cn1. The van der Waals surface area contributed by atoms with Gasteiger partial charge in [-0.1, -0.05) is 0 Å². The largest absolute Gasteiger partial charge is 0.444 e. The molecule has 0 saturated heterocycles. The van der Waals surface area contributed by atoms with Crippen LogP contribution in [-0.4, -0.2) is 32.7 Å². The van der Waals surface area contributed by atoms with Crippen LogP contribution in [0.25, 0.3) is 0 Å². The summed E-state index contributed by atoms with van der Waals surface area (Å²) >= 11 is 0. The number of hydrogen-bond acceptors (Lipinski definition) is 4. The summed E-state index contributed by atoms with van der Waals surface area (Å²) in [5, 5.41) is 15.7. The number of carbonyl (C=O) groups excluding carboxylic acids is 1. The normalized spacial score (nSPS) is 13.2. The maximum absolute atomic E-state index is 11.4. The van der Waals surface area contributed by atoms with Crippen molar-refractivity contribution in [2.24, 2.45) is 0 Å². The Morgan fingerprint density at radius 3 is 2.82 bits per heavy atom. The van der Waals surface area contributed by atoms with Gasteiger partial charge in [-0.25, -0.2) is 4.79 Å². The molecule has 0 bridgehead atoms. The van der Waals surface area contributed by atoms with Gasteiger partial charge in [0.25, 0.3) is 0 Å². The van der Waals surface area contributed by atoms with Crippen LogP contribution in [0.2, 0.25) is 0 Å². The molecule has 0 aliphatic heterocycles. The van der Waals surface area contributed by atoms with Gasteiger partial charge in [0, 0.05) is 6.20 Å². The lowest BCUT2D eigenvalue weighted by atomic mass is 10.2. The second-order valence-electron chi connectivity index (χ2n) is 4.93. The van der Waals surface area contributed by atoms with Gasteiger partial charge >= 0.3 is 6.09 Å². The van der Waals surface area contributed by atoms with E-state index in [2.05, 4.69) is 10.4 Å². The van der Waals surface area contributed by atoms with E-state index in [-0.39, 0.29) is 0 Å². The average Bonchev–Trinajstić information content (AvgIpc) is 2.46. The Hall–Kier alpha value is -1.56. The van der Waals surface area contributed by atoms with Crippen LogP contribution < -0.4 is 5.32 Å². The van der Waals surface area contributed by atoms with E-state index in [1.165, 1.54) is 6.20 Å². The fourth-order valence-corrected chi connectivity index (χ4v) is 1.22. The quantitative estimate of drug-likeness (QED) is 0.843. The molecule has 0 aliphatic rings. The molecule has 1 aromatic heterocycles. The van der Waals surface area contributed by atoms with Gasteiger partial charge in [-0.2, -0.15) is 5.10 Å². The van der Waals surface area contributed by atoms with Crippen molar-refractivity contribution in [3.63, 3.8) is 0 Å². The molecule has 1 heterocycles. The summed E-state index contributed by atoms with van der Waals surface area (Å²) in [4.78, 5) is 11.4. The minimum atomic E-state index is -0.528. The van der Waals surface area contributed by atoms with Crippen LogP contribution in [0.5, 0.6) is 0 Å². The predicted molar refractivity (Wildman–Crippen MR) is 63.8 cm³/mol. The minimum Gasteiger partial charge on any atom is -0.444 e. The first-order valence-electron chi connectivity index (χ1n) is 5.47. The zero-order valence-corrected chi connectivity index (χ0v) is 10.6. The Bertz CT molecular complexity index is 380. The van der Waals surface area contributed by atoms with Crippen LogP contribution in [0.1, 0.15) is 27.7 Å². The summed E-state index contributed by atoms with van der Waals surface area (Å²) in [6.07, 6.45) is 2.14. The number of aliphatic hydroxyl groups excluding tert-OH is 1. The van der Waals surface area contributed by atoms with E-state index in [0.29, 0.717) is 12.2 Å². The van der Waals surface area contributed by atoms with Crippen molar-refractivity contribution in [1.29, 1.82) is 0 Å². The first-order chi connectivity index (χ1) is 7.76. The molecular formula is C11H19N3O3. The molecule has 6 heteroatoms. The number of aliphatic hydroxyl groups is 1. The number of rotatable bonds is 3. The molecule has 0 aliphatic carbocycles. The zero-order chi connectivity index (χ0) is 13.1. The van der Waals surface area contributed by atoms with Crippen molar-refractivity contribution in [2.45, 2.75) is 45.9 Å². The van der Waals surface area contributed by atoms with Gasteiger partial charge in [0.1, 0.15) is 5.60 Å². The fraction of sp³-hybridized carbons (Fsp3) is 0.636. The van der Waals surface area contributed by atoms with E-state index in [9.17, 15) is 9.90 Å². The highest BCUT2D eigenvalue weighted by molar-refractivity contribution is 5.84. The van der Waals surface area contributed by atoms with E-state index in [1.807, 2.05) is 0 Å². The Balaban J connectivity index is 2.52. The van der Waals surface area contributed by atoms with Crippen molar-refractivity contribution in [2.75, 3.05) is 5.32 Å². The highest BCUT2D eigenvalue weighted by Crippen LogP contribution is 2.11. The number of aromatic nitrogens is 2. The third kappa shape index (κ3) is 5.35. The molecule has 0 aromatic carbocycles. The van der Waals surface area contributed by atoms with Crippen molar-refractivity contribution in [3.8, 4) is 0 Å². The number of nitrogens with zero attached hydrogens (tertiary/aromatic N) is 2. The number of anilines is 1. The van der Waals surface area contributed by atoms with Crippen LogP contribution in [0, 0.1) is 0 Å². The smallest absolute Gasteiger partial charge is 0.412 e. The van der Waals surface area contributed by atoms with Crippen LogP contribution in [0.4, 0.5) is 10.5 Å². The molecule has 1 aromatic rings. The molecule has 96 valence electrons. The Labute approximate surface area is 101 Å². The molecule has 2 N–H and O–H groups in total. The Morgan fingerprint density at radius 1 is 1.65 bits per heavy atom. The van der Waals surface area contributed by atoms with Gasteiger partial charge in [0.15, 0.2) is 0 Å². The second kappa shape index (κ2) is 5.18. The highest BCUT2D eigenvalue weighted by Gasteiger charge is 2.16. The summed E-state index contributed by atoms with van der Waals surface area (Å²) in [7, 11) is 0. The molecule has 17 heavy (non-hydrogen) atoms.